The van der Waals surface area contributed by atoms with Crippen molar-refractivity contribution in [3.05, 3.63) is 35.9 Å². The molecule has 9 heteroatoms. The first-order chi connectivity index (χ1) is 11.9. The molecule has 1 rings (SSSR count). The molecule has 8 nitrogen and oxygen atoms in total. The first kappa shape index (κ1) is 20.6. The van der Waals surface area contributed by atoms with Gasteiger partial charge in [0.25, 0.3) is 0 Å². The maximum absolute atomic E-state index is 11.7. The van der Waals surface area contributed by atoms with Crippen molar-refractivity contribution in [3.8, 4) is 0 Å². The van der Waals surface area contributed by atoms with Crippen molar-refractivity contribution < 1.29 is 29.0 Å². The quantitative estimate of drug-likeness (QED) is 0.494. The van der Waals surface area contributed by atoms with Crippen LogP contribution in [0.1, 0.15) is 18.4 Å². The van der Waals surface area contributed by atoms with Crippen molar-refractivity contribution in [1.29, 1.82) is 0 Å². The monoisotopic (exact) mass is 414 g/mol. The number of alkyl carbamates (subject to hydrolysis) is 1. The molecule has 25 heavy (non-hydrogen) atoms. The van der Waals surface area contributed by atoms with Crippen LogP contribution in [0.3, 0.4) is 0 Å². The van der Waals surface area contributed by atoms with Crippen LogP contribution in [0.4, 0.5) is 4.79 Å². The van der Waals surface area contributed by atoms with Gasteiger partial charge in [0.05, 0.1) is 5.33 Å². The Labute approximate surface area is 153 Å². The van der Waals surface area contributed by atoms with Gasteiger partial charge in [0, 0.05) is 6.42 Å². The van der Waals surface area contributed by atoms with Gasteiger partial charge >= 0.3 is 12.1 Å². The number of carbonyl (C=O) groups excluding carboxylic acids is 3. The number of Topliss-reactive ketones (excluding diaryl/α,β-unsaturated/α-hetero) is 1. The molecule has 0 aliphatic rings. The molecule has 2 amide bonds. The molecule has 0 unspecified atom stereocenters. The van der Waals surface area contributed by atoms with Crippen LogP contribution < -0.4 is 10.6 Å². The van der Waals surface area contributed by atoms with E-state index < -0.39 is 30.6 Å². The molecule has 1 atom stereocenters. The number of carbonyl (C=O) groups is 4. The second-order valence-electron chi connectivity index (χ2n) is 5.08. The molecule has 136 valence electrons. The third kappa shape index (κ3) is 8.85. The summed E-state index contributed by atoms with van der Waals surface area (Å²) in [5.41, 5.74) is 0.796. The molecule has 0 aromatic heterocycles. The van der Waals surface area contributed by atoms with Crippen molar-refractivity contribution in [2.75, 3.05) is 11.9 Å². The highest BCUT2D eigenvalue weighted by molar-refractivity contribution is 9.09. The Morgan fingerprint density at radius 2 is 1.84 bits per heavy atom. The highest BCUT2D eigenvalue weighted by Crippen LogP contribution is 2.02. The van der Waals surface area contributed by atoms with E-state index in [2.05, 4.69) is 26.6 Å². The summed E-state index contributed by atoms with van der Waals surface area (Å²) in [4.78, 5) is 45.5. The molecular weight excluding hydrogens is 396 g/mol. The van der Waals surface area contributed by atoms with Crippen LogP contribution in [0.25, 0.3) is 0 Å². The van der Waals surface area contributed by atoms with Gasteiger partial charge < -0.3 is 20.5 Å². The van der Waals surface area contributed by atoms with Gasteiger partial charge in [-0.1, -0.05) is 46.3 Å². The van der Waals surface area contributed by atoms with Gasteiger partial charge in [0.2, 0.25) is 5.91 Å². The fraction of sp³-hybridized carbons (Fsp3) is 0.375. The number of alkyl halides is 1. The van der Waals surface area contributed by atoms with Crippen LogP contribution in [0, 0.1) is 0 Å². The van der Waals surface area contributed by atoms with Crippen LogP contribution in [0.5, 0.6) is 0 Å². The minimum atomic E-state index is -1.25. The van der Waals surface area contributed by atoms with Gasteiger partial charge in [0.1, 0.15) is 25.0 Å². The van der Waals surface area contributed by atoms with E-state index in [9.17, 15) is 19.2 Å². The van der Waals surface area contributed by atoms with E-state index >= 15 is 0 Å². The molecule has 0 aliphatic carbocycles. The van der Waals surface area contributed by atoms with Gasteiger partial charge in [0.15, 0.2) is 0 Å². The van der Waals surface area contributed by atoms with E-state index in [1.54, 1.807) is 24.3 Å². The number of benzene rings is 1. The number of hydrogen-bond acceptors (Lipinski definition) is 5. The lowest BCUT2D eigenvalue weighted by Gasteiger charge is -2.14. The number of nitrogens with one attached hydrogen (secondary N) is 2. The zero-order chi connectivity index (χ0) is 18.7. The SMILES string of the molecule is O=C(CBr)CC[C@H](NC(=O)CNC(=O)OCc1ccccc1)C(=O)O. The zero-order valence-electron chi connectivity index (χ0n) is 13.4. The van der Waals surface area contributed by atoms with E-state index in [-0.39, 0.29) is 30.6 Å². The molecule has 0 saturated heterocycles. The number of aliphatic carboxylic acids is 1. The molecule has 0 fully saturated rings. The smallest absolute Gasteiger partial charge is 0.407 e. The van der Waals surface area contributed by atoms with Gasteiger partial charge in [-0.05, 0) is 12.0 Å². The maximum atomic E-state index is 11.7. The molecule has 0 spiro atoms. The Bertz CT molecular complexity index is 608. The molecular formula is C16H19BrN2O6. The third-order valence-corrected chi connectivity index (χ3v) is 3.73. The zero-order valence-corrected chi connectivity index (χ0v) is 15.0. The van der Waals surface area contributed by atoms with Crippen LogP contribution >= 0.6 is 15.9 Å². The van der Waals surface area contributed by atoms with Crippen molar-refractivity contribution in [2.45, 2.75) is 25.5 Å². The fourth-order valence-corrected chi connectivity index (χ4v) is 2.08. The number of amides is 2. The van der Waals surface area contributed by atoms with Crippen LogP contribution in [0.2, 0.25) is 0 Å². The topological polar surface area (TPSA) is 122 Å². The number of rotatable bonds is 10. The first-order valence-electron chi connectivity index (χ1n) is 7.46. The molecule has 0 bridgehead atoms. The van der Waals surface area contributed by atoms with Crippen molar-refractivity contribution >= 4 is 39.7 Å². The predicted octanol–water partition coefficient (Wildman–Crippen LogP) is 1.23. The lowest BCUT2D eigenvalue weighted by atomic mass is 10.1. The van der Waals surface area contributed by atoms with E-state index in [1.165, 1.54) is 0 Å². The Morgan fingerprint density at radius 3 is 2.44 bits per heavy atom. The van der Waals surface area contributed by atoms with Gasteiger partial charge in [-0.15, -0.1) is 0 Å². The van der Waals surface area contributed by atoms with Gasteiger partial charge in [-0.25, -0.2) is 9.59 Å². The van der Waals surface area contributed by atoms with Gasteiger partial charge in [-0.3, -0.25) is 9.59 Å². The summed E-state index contributed by atoms with van der Waals surface area (Å²) in [6.07, 6.45) is -0.792. The summed E-state index contributed by atoms with van der Waals surface area (Å²) >= 11 is 2.98. The molecule has 0 radical (unpaired) electrons. The summed E-state index contributed by atoms with van der Waals surface area (Å²) in [6, 6.07) is 7.81. The lowest BCUT2D eigenvalue weighted by Crippen LogP contribution is -2.45. The fourth-order valence-electron chi connectivity index (χ4n) is 1.80. The van der Waals surface area contributed by atoms with Crippen molar-refractivity contribution in [2.24, 2.45) is 0 Å². The second-order valence-corrected chi connectivity index (χ2v) is 5.65. The number of carboxylic acids is 1. The normalized spacial score (nSPS) is 11.2. The van der Waals surface area contributed by atoms with Crippen molar-refractivity contribution in [3.63, 3.8) is 0 Å². The third-order valence-electron chi connectivity index (χ3n) is 3.10. The number of halogens is 1. The number of carboxylic acid groups (broad SMARTS) is 1. The number of ketones is 1. The molecule has 1 aromatic rings. The minimum absolute atomic E-state index is 0.0229. The van der Waals surface area contributed by atoms with E-state index in [0.717, 1.165) is 5.56 Å². The summed E-state index contributed by atoms with van der Waals surface area (Å²) in [7, 11) is 0. The summed E-state index contributed by atoms with van der Waals surface area (Å²) in [5.74, 6) is -2.10. The molecule has 1 aromatic carbocycles. The van der Waals surface area contributed by atoms with E-state index in [1.807, 2.05) is 6.07 Å². The first-order valence-corrected chi connectivity index (χ1v) is 8.59. The highest BCUT2D eigenvalue weighted by atomic mass is 79.9. The average molecular weight is 415 g/mol. The predicted molar refractivity (Wildman–Crippen MR) is 92.2 cm³/mol. The summed E-state index contributed by atoms with van der Waals surface area (Å²) < 4.78 is 4.93. The standard InChI is InChI=1S/C16H19BrN2O6/c17-8-12(20)6-7-13(15(22)23)19-14(21)9-18-16(24)25-10-11-4-2-1-3-5-11/h1-5,13H,6-10H2,(H,18,24)(H,19,21)(H,22,23)/t13-/m0/s1. The Hall–Kier alpha value is -2.42. The number of hydrogen-bond donors (Lipinski definition) is 3. The Kier molecular flexibility index (Phi) is 9.23. The Morgan fingerprint density at radius 1 is 1.16 bits per heavy atom. The maximum Gasteiger partial charge on any atom is 0.407 e. The van der Waals surface area contributed by atoms with Crippen LogP contribution in [0.15, 0.2) is 30.3 Å². The van der Waals surface area contributed by atoms with Crippen LogP contribution in [-0.2, 0) is 25.7 Å². The molecule has 3 N–H and O–H groups in total. The van der Waals surface area contributed by atoms with E-state index in [4.69, 9.17) is 9.84 Å². The number of ether oxygens (including phenoxy) is 1. The lowest BCUT2D eigenvalue weighted by molar-refractivity contribution is -0.142. The summed E-state index contributed by atoms with van der Waals surface area (Å²) in [6.45, 7) is -0.371. The summed E-state index contributed by atoms with van der Waals surface area (Å²) in [5, 5.41) is 13.7. The van der Waals surface area contributed by atoms with Crippen LogP contribution in [-0.4, -0.2) is 46.8 Å². The Balaban J connectivity index is 2.32. The highest BCUT2D eigenvalue weighted by Gasteiger charge is 2.21. The molecule has 0 heterocycles. The molecule has 0 aliphatic heterocycles. The second kappa shape index (κ2) is 11.2. The average Bonchev–Trinajstić information content (AvgIpc) is 2.61. The largest absolute Gasteiger partial charge is 0.480 e. The minimum Gasteiger partial charge on any atom is -0.480 e. The van der Waals surface area contributed by atoms with Gasteiger partial charge in [-0.2, -0.15) is 0 Å². The molecule has 0 saturated carbocycles. The van der Waals surface area contributed by atoms with Crippen molar-refractivity contribution in [1.82, 2.24) is 10.6 Å². The van der Waals surface area contributed by atoms with E-state index in [0.29, 0.717) is 0 Å².